The number of unbranched alkanes of at least 4 members (excludes halogenated alkanes) is 1. The Hall–Kier alpha value is -1.32. The molecule has 1 rings (SSSR count). The van der Waals surface area contributed by atoms with Gasteiger partial charge in [-0.3, -0.25) is 9.59 Å². The third-order valence-electron chi connectivity index (χ3n) is 4.56. The van der Waals surface area contributed by atoms with Gasteiger partial charge in [-0.2, -0.15) is 0 Å². The van der Waals surface area contributed by atoms with Crippen LogP contribution >= 0.6 is 0 Å². The molecule has 0 heterocycles. The summed E-state index contributed by atoms with van der Waals surface area (Å²) in [6.07, 6.45) is 8.80. The zero-order valence-corrected chi connectivity index (χ0v) is 14.0. The molecule has 4 nitrogen and oxygen atoms in total. The predicted octanol–water partition coefficient (Wildman–Crippen LogP) is 4.19. The molecule has 1 fully saturated rings. The first-order valence-corrected chi connectivity index (χ1v) is 8.35. The lowest BCUT2D eigenvalue weighted by molar-refractivity contribution is -0.155. The van der Waals surface area contributed by atoms with E-state index < -0.39 is 11.9 Å². The van der Waals surface area contributed by atoms with Gasteiger partial charge < -0.3 is 9.84 Å². The van der Waals surface area contributed by atoms with Gasteiger partial charge in [-0.05, 0) is 43.4 Å². The Morgan fingerprint density at radius 1 is 1.36 bits per heavy atom. The Morgan fingerprint density at radius 3 is 2.55 bits per heavy atom. The Labute approximate surface area is 133 Å². The fraction of sp³-hybridized carbons (Fsp3) is 0.778. The number of carboxylic acid groups (broad SMARTS) is 1. The van der Waals surface area contributed by atoms with E-state index in [0.717, 1.165) is 44.9 Å². The zero-order chi connectivity index (χ0) is 16.6. The lowest BCUT2D eigenvalue weighted by Crippen LogP contribution is -2.28. The van der Waals surface area contributed by atoms with Crippen LogP contribution in [-0.4, -0.2) is 23.7 Å². The van der Waals surface area contributed by atoms with Crippen LogP contribution in [0.2, 0.25) is 0 Å². The van der Waals surface area contributed by atoms with Gasteiger partial charge in [0.05, 0.1) is 18.9 Å². The minimum atomic E-state index is -0.867. The number of carboxylic acids is 1. The summed E-state index contributed by atoms with van der Waals surface area (Å²) in [5.74, 6) is -1.70. The van der Waals surface area contributed by atoms with Crippen molar-refractivity contribution in [3.63, 3.8) is 0 Å². The van der Waals surface area contributed by atoms with Crippen molar-refractivity contribution in [2.24, 2.45) is 17.3 Å². The first kappa shape index (κ1) is 18.7. The number of hydrogen-bond acceptors (Lipinski definition) is 3. The first-order chi connectivity index (χ1) is 10.4. The molecule has 1 N–H and O–H groups in total. The molecule has 0 spiro atoms. The molecular weight excluding hydrogens is 280 g/mol. The van der Waals surface area contributed by atoms with E-state index in [1.807, 2.05) is 6.08 Å². The highest BCUT2D eigenvalue weighted by molar-refractivity contribution is 5.79. The Bertz CT molecular complexity index is 381. The maximum atomic E-state index is 12.0. The van der Waals surface area contributed by atoms with Gasteiger partial charge in [-0.1, -0.05) is 32.8 Å². The van der Waals surface area contributed by atoms with Crippen molar-refractivity contribution in [3.05, 3.63) is 12.7 Å². The summed E-state index contributed by atoms with van der Waals surface area (Å²) in [4.78, 5) is 23.4. The maximum absolute atomic E-state index is 12.0. The quantitative estimate of drug-likeness (QED) is 0.373. The van der Waals surface area contributed by atoms with Crippen molar-refractivity contribution < 1.29 is 19.4 Å². The minimum absolute atomic E-state index is 0.00272. The van der Waals surface area contributed by atoms with Crippen LogP contribution in [0.15, 0.2) is 12.7 Å². The number of ether oxygens (including phenoxy) is 1. The van der Waals surface area contributed by atoms with E-state index in [1.54, 1.807) is 0 Å². The summed E-state index contributed by atoms with van der Waals surface area (Å²) in [6.45, 7) is 8.18. The van der Waals surface area contributed by atoms with Crippen LogP contribution in [0, 0.1) is 17.3 Å². The summed E-state index contributed by atoms with van der Waals surface area (Å²) < 4.78 is 5.35. The van der Waals surface area contributed by atoms with Gasteiger partial charge in [0.15, 0.2) is 0 Å². The summed E-state index contributed by atoms with van der Waals surface area (Å²) >= 11 is 0. The average molecular weight is 310 g/mol. The van der Waals surface area contributed by atoms with Gasteiger partial charge >= 0.3 is 11.9 Å². The maximum Gasteiger partial charge on any atom is 0.307 e. The number of rotatable bonds is 10. The third kappa shape index (κ3) is 6.63. The molecule has 0 aromatic carbocycles. The van der Waals surface area contributed by atoms with Gasteiger partial charge in [0, 0.05) is 0 Å². The van der Waals surface area contributed by atoms with Crippen LogP contribution in [0.5, 0.6) is 0 Å². The highest BCUT2D eigenvalue weighted by atomic mass is 16.5. The molecule has 1 aliphatic rings. The fourth-order valence-corrected chi connectivity index (χ4v) is 3.13. The van der Waals surface area contributed by atoms with E-state index in [2.05, 4.69) is 20.4 Å². The standard InChI is InChI=1S/C18H30O4/c1-4-5-8-11-18(2,3)13-22-16(19)12-15(17(20)21)14-9-6-7-10-14/h4,14-15H,1,5-13H2,2-3H3,(H,20,21)/t15-/m0/s1. The molecule has 0 aliphatic heterocycles. The monoisotopic (exact) mass is 310 g/mol. The van der Waals surface area contributed by atoms with Crippen LogP contribution in [0.4, 0.5) is 0 Å². The molecule has 0 aromatic rings. The number of aliphatic carboxylic acids is 1. The van der Waals surface area contributed by atoms with Crippen molar-refractivity contribution in [1.29, 1.82) is 0 Å². The van der Waals surface area contributed by atoms with Gasteiger partial charge in [0.1, 0.15) is 0 Å². The molecule has 22 heavy (non-hydrogen) atoms. The number of esters is 1. The van der Waals surface area contributed by atoms with Crippen LogP contribution in [0.1, 0.15) is 65.2 Å². The van der Waals surface area contributed by atoms with Crippen molar-refractivity contribution in [2.45, 2.75) is 65.2 Å². The van der Waals surface area contributed by atoms with Gasteiger partial charge in [-0.25, -0.2) is 0 Å². The van der Waals surface area contributed by atoms with Crippen LogP contribution in [0.25, 0.3) is 0 Å². The van der Waals surface area contributed by atoms with E-state index in [4.69, 9.17) is 4.74 Å². The molecule has 1 aliphatic carbocycles. The first-order valence-electron chi connectivity index (χ1n) is 8.35. The lowest BCUT2D eigenvalue weighted by Gasteiger charge is -2.25. The molecule has 0 amide bonds. The van der Waals surface area contributed by atoms with E-state index >= 15 is 0 Å². The fourth-order valence-electron chi connectivity index (χ4n) is 3.13. The van der Waals surface area contributed by atoms with Crippen molar-refractivity contribution in [2.75, 3.05) is 6.61 Å². The second-order valence-corrected chi connectivity index (χ2v) is 7.20. The molecule has 0 unspecified atom stereocenters. The smallest absolute Gasteiger partial charge is 0.307 e. The largest absolute Gasteiger partial charge is 0.481 e. The summed E-state index contributed by atoms with van der Waals surface area (Å²) in [5, 5.41) is 9.34. The number of allylic oxidation sites excluding steroid dienone is 1. The summed E-state index contributed by atoms with van der Waals surface area (Å²) in [5.41, 5.74) is -0.0786. The van der Waals surface area contributed by atoms with E-state index in [0.29, 0.717) is 6.61 Å². The van der Waals surface area contributed by atoms with Gasteiger partial charge in [0.2, 0.25) is 0 Å². The molecule has 1 atom stereocenters. The Balaban J connectivity index is 2.39. The van der Waals surface area contributed by atoms with Crippen LogP contribution in [-0.2, 0) is 14.3 Å². The Morgan fingerprint density at radius 2 is 2.00 bits per heavy atom. The van der Waals surface area contributed by atoms with Crippen molar-refractivity contribution >= 4 is 11.9 Å². The van der Waals surface area contributed by atoms with E-state index in [-0.39, 0.29) is 23.7 Å². The number of hydrogen-bond donors (Lipinski definition) is 1. The van der Waals surface area contributed by atoms with Crippen molar-refractivity contribution in [3.8, 4) is 0 Å². The normalized spacial score (nSPS) is 17.2. The minimum Gasteiger partial charge on any atom is -0.481 e. The molecule has 0 aromatic heterocycles. The molecule has 0 saturated heterocycles. The number of carbonyl (C=O) groups is 2. The zero-order valence-electron chi connectivity index (χ0n) is 14.0. The molecule has 0 radical (unpaired) electrons. The van der Waals surface area contributed by atoms with Crippen molar-refractivity contribution in [1.82, 2.24) is 0 Å². The topological polar surface area (TPSA) is 63.6 Å². The van der Waals surface area contributed by atoms with Crippen LogP contribution < -0.4 is 0 Å². The second-order valence-electron chi connectivity index (χ2n) is 7.20. The second kappa shape index (κ2) is 8.96. The lowest BCUT2D eigenvalue weighted by atomic mass is 9.87. The molecule has 4 heteroatoms. The third-order valence-corrected chi connectivity index (χ3v) is 4.56. The summed E-state index contributed by atoms with van der Waals surface area (Å²) in [6, 6.07) is 0. The molecule has 1 saturated carbocycles. The van der Waals surface area contributed by atoms with E-state index in [1.165, 1.54) is 0 Å². The van der Waals surface area contributed by atoms with Gasteiger partial charge in [-0.15, -0.1) is 6.58 Å². The average Bonchev–Trinajstić information content (AvgIpc) is 2.96. The SMILES string of the molecule is C=CCCCC(C)(C)COC(=O)C[C@H](C(=O)O)C1CCCC1. The Kier molecular flexibility index (Phi) is 7.63. The van der Waals surface area contributed by atoms with E-state index in [9.17, 15) is 14.7 Å². The molecule has 0 bridgehead atoms. The number of carbonyl (C=O) groups excluding carboxylic acids is 1. The molecular formula is C18H30O4. The predicted molar refractivity (Wildman–Crippen MR) is 86.5 cm³/mol. The highest BCUT2D eigenvalue weighted by Crippen LogP contribution is 2.33. The summed E-state index contributed by atoms with van der Waals surface area (Å²) in [7, 11) is 0. The highest BCUT2D eigenvalue weighted by Gasteiger charge is 2.33. The van der Waals surface area contributed by atoms with Crippen LogP contribution in [0.3, 0.4) is 0 Å². The van der Waals surface area contributed by atoms with Gasteiger partial charge in [0.25, 0.3) is 0 Å². The molecule has 126 valence electrons.